The average molecular weight is 410 g/mol. The molecular formula is C24H26O6. The SMILES string of the molecule is COc1ccc(-c2ccc3c(c2)CCC3=O)c(OCC(=O)OC2CCCC2)c1OC. The molecule has 2 aliphatic rings. The van der Waals surface area contributed by atoms with Crippen LogP contribution >= 0.6 is 0 Å². The fourth-order valence-corrected chi connectivity index (χ4v) is 4.25. The molecule has 0 N–H and O–H groups in total. The molecule has 0 radical (unpaired) electrons. The highest BCUT2D eigenvalue weighted by molar-refractivity contribution is 6.01. The van der Waals surface area contributed by atoms with E-state index in [0.717, 1.165) is 54.4 Å². The lowest BCUT2D eigenvalue weighted by Crippen LogP contribution is -2.21. The van der Waals surface area contributed by atoms with Gasteiger partial charge in [0.05, 0.1) is 14.2 Å². The molecule has 0 saturated heterocycles. The van der Waals surface area contributed by atoms with Crippen LogP contribution in [-0.4, -0.2) is 38.7 Å². The summed E-state index contributed by atoms with van der Waals surface area (Å²) in [6.45, 7) is -0.212. The fourth-order valence-electron chi connectivity index (χ4n) is 4.25. The highest BCUT2D eigenvalue weighted by Crippen LogP contribution is 2.45. The van der Waals surface area contributed by atoms with Gasteiger partial charge in [-0.3, -0.25) is 4.79 Å². The summed E-state index contributed by atoms with van der Waals surface area (Å²) < 4.78 is 22.4. The van der Waals surface area contributed by atoms with Crippen molar-refractivity contribution in [3.05, 3.63) is 41.5 Å². The number of carbonyl (C=O) groups is 2. The Kier molecular flexibility index (Phi) is 5.93. The summed E-state index contributed by atoms with van der Waals surface area (Å²) in [5.41, 5.74) is 3.47. The molecule has 0 amide bonds. The van der Waals surface area contributed by atoms with Crippen molar-refractivity contribution in [2.75, 3.05) is 20.8 Å². The number of benzene rings is 2. The highest BCUT2D eigenvalue weighted by atomic mass is 16.6. The first-order chi connectivity index (χ1) is 14.6. The topological polar surface area (TPSA) is 71.1 Å². The smallest absolute Gasteiger partial charge is 0.344 e. The first-order valence-corrected chi connectivity index (χ1v) is 10.3. The van der Waals surface area contributed by atoms with Gasteiger partial charge in [-0.1, -0.05) is 18.2 Å². The number of ketones is 1. The molecule has 0 aromatic heterocycles. The summed E-state index contributed by atoms with van der Waals surface area (Å²) in [5.74, 6) is 1.13. The summed E-state index contributed by atoms with van der Waals surface area (Å²) in [4.78, 5) is 24.3. The number of ether oxygens (including phenoxy) is 4. The van der Waals surface area contributed by atoms with Crippen LogP contribution < -0.4 is 14.2 Å². The van der Waals surface area contributed by atoms with Gasteiger partial charge in [-0.05, 0) is 55.4 Å². The molecule has 6 heteroatoms. The van der Waals surface area contributed by atoms with Crippen molar-refractivity contribution in [3.63, 3.8) is 0 Å². The second-order valence-corrected chi connectivity index (χ2v) is 7.66. The van der Waals surface area contributed by atoms with Crippen LogP contribution in [0, 0.1) is 0 Å². The van der Waals surface area contributed by atoms with Gasteiger partial charge in [-0.15, -0.1) is 0 Å². The predicted octanol–water partition coefficient (Wildman–Crippen LogP) is 4.36. The summed E-state index contributed by atoms with van der Waals surface area (Å²) in [7, 11) is 3.09. The van der Waals surface area contributed by atoms with Gasteiger partial charge in [0.25, 0.3) is 0 Å². The largest absolute Gasteiger partial charge is 0.493 e. The number of carbonyl (C=O) groups excluding carboxylic acids is 2. The molecule has 2 aliphatic carbocycles. The van der Waals surface area contributed by atoms with Crippen LogP contribution in [0.3, 0.4) is 0 Å². The molecule has 1 saturated carbocycles. The van der Waals surface area contributed by atoms with Gasteiger partial charge in [0.1, 0.15) is 6.10 Å². The quantitative estimate of drug-likeness (QED) is 0.632. The predicted molar refractivity (Wildman–Crippen MR) is 111 cm³/mol. The number of hydrogen-bond acceptors (Lipinski definition) is 6. The summed E-state index contributed by atoms with van der Waals surface area (Å²) >= 11 is 0. The molecule has 158 valence electrons. The van der Waals surface area contributed by atoms with Gasteiger partial charge in [0.15, 0.2) is 23.9 Å². The van der Waals surface area contributed by atoms with Crippen molar-refractivity contribution in [1.82, 2.24) is 0 Å². The molecule has 30 heavy (non-hydrogen) atoms. The van der Waals surface area contributed by atoms with E-state index in [2.05, 4.69) is 0 Å². The lowest BCUT2D eigenvalue weighted by Gasteiger charge is -2.18. The van der Waals surface area contributed by atoms with Crippen molar-refractivity contribution < 1.29 is 28.5 Å². The van der Waals surface area contributed by atoms with Crippen LogP contribution in [0.1, 0.15) is 48.0 Å². The lowest BCUT2D eigenvalue weighted by molar-refractivity contribution is -0.151. The number of esters is 1. The molecule has 4 rings (SSSR count). The Labute approximate surface area is 176 Å². The Balaban J connectivity index is 1.63. The Morgan fingerprint density at radius 1 is 0.967 bits per heavy atom. The van der Waals surface area contributed by atoms with E-state index < -0.39 is 5.97 Å². The average Bonchev–Trinajstić information content (AvgIpc) is 3.40. The van der Waals surface area contributed by atoms with Crippen LogP contribution in [0.5, 0.6) is 17.2 Å². The number of fused-ring (bicyclic) bond motifs is 1. The molecule has 1 fully saturated rings. The normalized spacial score (nSPS) is 15.7. The Bertz CT molecular complexity index is 958. The minimum atomic E-state index is -0.391. The van der Waals surface area contributed by atoms with E-state index in [4.69, 9.17) is 18.9 Å². The van der Waals surface area contributed by atoms with E-state index >= 15 is 0 Å². The van der Waals surface area contributed by atoms with Crippen molar-refractivity contribution in [1.29, 1.82) is 0 Å². The zero-order chi connectivity index (χ0) is 21.1. The zero-order valence-electron chi connectivity index (χ0n) is 17.4. The number of aryl methyl sites for hydroxylation is 1. The van der Waals surface area contributed by atoms with Gasteiger partial charge >= 0.3 is 5.97 Å². The molecule has 0 bridgehead atoms. The Morgan fingerprint density at radius 3 is 2.47 bits per heavy atom. The van der Waals surface area contributed by atoms with Gasteiger partial charge in [0, 0.05) is 17.5 Å². The third-order valence-electron chi connectivity index (χ3n) is 5.77. The maximum Gasteiger partial charge on any atom is 0.344 e. The van der Waals surface area contributed by atoms with Crippen molar-refractivity contribution in [2.24, 2.45) is 0 Å². The summed E-state index contributed by atoms with van der Waals surface area (Å²) in [6.07, 6.45) is 5.27. The Morgan fingerprint density at radius 2 is 1.73 bits per heavy atom. The molecule has 6 nitrogen and oxygen atoms in total. The third-order valence-corrected chi connectivity index (χ3v) is 5.77. The number of methoxy groups -OCH3 is 2. The van der Waals surface area contributed by atoms with E-state index in [1.807, 2.05) is 24.3 Å². The maximum absolute atomic E-state index is 12.3. The standard InChI is InChI=1S/C24H26O6/c1-27-21-12-10-19(16-7-9-18-15(13-16)8-11-20(18)25)23(24(21)28-2)29-14-22(26)30-17-5-3-4-6-17/h7,9-10,12-13,17H,3-6,8,11,14H2,1-2H3. The summed E-state index contributed by atoms with van der Waals surface area (Å²) in [6, 6.07) is 9.43. The van der Waals surface area contributed by atoms with Gasteiger partial charge in [0.2, 0.25) is 5.75 Å². The van der Waals surface area contributed by atoms with E-state index in [0.29, 0.717) is 23.7 Å². The van der Waals surface area contributed by atoms with Crippen molar-refractivity contribution in [3.8, 4) is 28.4 Å². The third kappa shape index (κ3) is 3.99. The van der Waals surface area contributed by atoms with Crippen molar-refractivity contribution in [2.45, 2.75) is 44.6 Å². The number of rotatable bonds is 7. The van der Waals surface area contributed by atoms with Crippen LogP contribution in [0.15, 0.2) is 30.3 Å². The molecule has 0 heterocycles. The lowest BCUT2D eigenvalue weighted by atomic mass is 9.99. The second-order valence-electron chi connectivity index (χ2n) is 7.66. The van der Waals surface area contributed by atoms with Gasteiger partial charge in [-0.2, -0.15) is 0 Å². The van der Waals surface area contributed by atoms with Crippen LogP contribution in [-0.2, 0) is 16.0 Å². The van der Waals surface area contributed by atoms with Gasteiger partial charge in [-0.25, -0.2) is 4.79 Å². The number of Topliss-reactive ketones (excluding diaryl/α,β-unsaturated/α-hetero) is 1. The minimum Gasteiger partial charge on any atom is -0.493 e. The van der Waals surface area contributed by atoms with E-state index in [9.17, 15) is 9.59 Å². The fraction of sp³-hybridized carbons (Fsp3) is 0.417. The van der Waals surface area contributed by atoms with E-state index in [1.165, 1.54) is 7.11 Å². The maximum atomic E-state index is 12.3. The first-order valence-electron chi connectivity index (χ1n) is 10.3. The number of hydrogen-bond donors (Lipinski definition) is 0. The molecule has 2 aromatic rings. The first kappa shape index (κ1) is 20.3. The molecule has 0 atom stereocenters. The highest BCUT2D eigenvalue weighted by Gasteiger charge is 2.24. The monoisotopic (exact) mass is 410 g/mol. The minimum absolute atomic E-state index is 0.0120. The van der Waals surface area contributed by atoms with Crippen LogP contribution in [0.2, 0.25) is 0 Å². The van der Waals surface area contributed by atoms with E-state index in [-0.39, 0.29) is 18.5 Å². The van der Waals surface area contributed by atoms with Crippen LogP contribution in [0.4, 0.5) is 0 Å². The molecule has 0 spiro atoms. The van der Waals surface area contributed by atoms with Gasteiger partial charge < -0.3 is 18.9 Å². The second kappa shape index (κ2) is 8.78. The van der Waals surface area contributed by atoms with Crippen molar-refractivity contribution >= 4 is 11.8 Å². The molecule has 0 aliphatic heterocycles. The Hall–Kier alpha value is -3.02. The zero-order valence-corrected chi connectivity index (χ0v) is 17.4. The molecule has 2 aromatic carbocycles. The van der Waals surface area contributed by atoms with Crippen LogP contribution in [0.25, 0.3) is 11.1 Å². The summed E-state index contributed by atoms with van der Waals surface area (Å²) in [5, 5.41) is 0. The molecule has 0 unspecified atom stereocenters. The van der Waals surface area contributed by atoms with E-state index in [1.54, 1.807) is 13.2 Å². The molecular weight excluding hydrogens is 384 g/mol.